The number of imidazole rings is 1. The highest BCUT2D eigenvalue weighted by atomic mass is 35.5. The van der Waals surface area contributed by atoms with Gasteiger partial charge in [-0.2, -0.15) is 0 Å². The summed E-state index contributed by atoms with van der Waals surface area (Å²) in [6.45, 7) is 6.45. The number of benzene rings is 2. The van der Waals surface area contributed by atoms with E-state index >= 15 is 0 Å². The first-order chi connectivity index (χ1) is 20.0. The van der Waals surface area contributed by atoms with Gasteiger partial charge in [-0.3, -0.25) is 14.4 Å². The average molecular weight is 648 g/mol. The average Bonchev–Trinajstić information content (AvgIpc) is 3.69. The van der Waals surface area contributed by atoms with Crippen LogP contribution in [0.4, 0.5) is 5.82 Å². The molecular weight excluding hydrogens is 603 g/mol. The zero-order chi connectivity index (χ0) is 30.3. The van der Waals surface area contributed by atoms with Gasteiger partial charge in [-0.05, 0) is 76.1 Å². The highest BCUT2D eigenvalue weighted by Crippen LogP contribution is 2.32. The van der Waals surface area contributed by atoms with Crippen molar-refractivity contribution in [2.45, 2.75) is 70.0 Å². The van der Waals surface area contributed by atoms with Gasteiger partial charge in [0.2, 0.25) is 11.8 Å². The highest BCUT2D eigenvalue weighted by molar-refractivity contribution is 5.98. The van der Waals surface area contributed by atoms with Gasteiger partial charge in [0.15, 0.2) is 5.82 Å². The summed E-state index contributed by atoms with van der Waals surface area (Å²) in [6, 6.07) is 16.6. The van der Waals surface area contributed by atoms with E-state index in [2.05, 4.69) is 15.6 Å². The number of likely N-dealkylation sites (tertiary alicyclic amines) is 1. The van der Waals surface area contributed by atoms with Crippen LogP contribution in [0.15, 0.2) is 67.1 Å². The van der Waals surface area contributed by atoms with Crippen LogP contribution in [-0.2, 0) is 26.3 Å². The number of rotatable bonds is 12. The molecule has 3 amide bonds. The van der Waals surface area contributed by atoms with Gasteiger partial charge in [-0.15, -0.1) is 24.8 Å². The fourth-order valence-electron chi connectivity index (χ4n) is 5.14. The van der Waals surface area contributed by atoms with E-state index in [-0.39, 0.29) is 36.5 Å². The van der Waals surface area contributed by atoms with Crippen molar-refractivity contribution in [3.8, 4) is 5.75 Å². The van der Waals surface area contributed by atoms with Crippen LogP contribution in [0.1, 0.15) is 57.6 Å². The lowest BCUT2D eigenvalue weighted by Gasteiger charge is -2.34. The number of aryl methyl sites for hydroxylation is 1. The maximum Gasteiger partial charge on any atom is 0.253 e. The van der Waals surface area contributed by atoms with Gasteiger partial charge in [-0.25, -0.2) is 4.98 Å². The lowest BCUT2D eigenvalue weighted by atomic mass is 9.90. The molecule has 2 atom stereocenters. The monoisotopic (exact) mass is 646 g/mol. The van der Waals surface area contributed by atoms with Gasteiger partial charge in [-0.1, -0.05) is 42.5 Å². The summed E-state index contributed by atoms with van der Waals surface area (Å²) in [7, 11) is 1.60. The number of halogens is 2. The molecule has 1 aliphatic rings. The number of carbonyl (C=O) groups is 3. The van der Waals surface area contributed by atoms with Crippen LogP contribution in [0.25, 0.3) is 0 Å². The van der Waals surface area contributed by atoms with Crippen LogP contribution in [0.3, 0.4) is 0 Å². The van der Waals surface area contributed by atoms with Crippen molar-refractivity contribution in [1.82, 2.24) is 19.8 Å². The third-order valence-electron chi connectivity index (χ3n) is 7.82. The second kappa shape index (κ2) is 15.9. The van der Waals surface area contributed by atoms with Crippen LogP contribution >= 0.6 is 24.8 Å². The van der Waals surface area contributed by atoms with Gasteiger partial charge in [0.05, 0.1) is 19.0 Å². The second-order valence-corrected chi connectivity index (χ2v) is 11.6. The van der Waals surface area contributed by atoms with Crippen LogP contribution in [-0.4, -0.2) is 64.0 Å². The topological polar surface area (TPSA) is 132 Å². The van der Waals surface area contributed by atoms with Crippen molar-refractivity contribution >= 4 is 48.4 Å². The molecule has 3 aromatic rings. The first kappa shape index (κ1) is 36.6. The minimum absolute atomic E-state index is 0. The Morgan fingerprint density at radius 3 is 2.23 bits per heavy atom. The van der Waals surface area contributed by atoms with Crippen molar-refractivity contribution in [2.75, 3.05) is 25.5 Å². The summed E-state index contributed by atoms with van der Waals surface area (Å²) in [6.07, 6.45) is 7.01. The molecule has 0 saturated carbocycles. The van der Waals surface area contributed by atoms with Crippen LogP contribution in [0.5, 0.6) is 5.75 Å². The molecule has 0 aliphatic carbocycles. The number of methoxy groups -OCH3 is 1. The molecule has 0 bridgehead atoms. The molecule has 1 saturated heterocycles. The number of carbonyl (C=O) groups excluding carboxylic acids is 3. The smallest absolute Gasteiger partial charge is 0.253 e. The Morgan fingerprint density at radius 1 is 1.00 bits per heavy atom. The van der Waals surface area contributed by atoms with E-state index in [1.165, 1.54) is 0 Å². The number of ether oxygens (including phenoxy) is 1. The number of nitrogens with two attached hydrogens (primary N) is 1. The number of amides is 3. The fraction of sp³-hybridized carbons (Fsp3) is 0.438. The summed E-state index contributed by atoms with van der Waals surface area (Å²) in [4.78, 5) is 46.4. The molecule has 2 aromatic carbocycles. The Kier molecular flexibility index (Phi) is 13.2. The SMILES string of the molecule is COc1ccc(C(C)(C(=O)N2CCCC2)n2cnc(NC(=O)[C@@H](CCCc3ccccc3)NC(=O)C(C)(C)N)c2)cc1.Cl.Cl. The van der Waals surface area contributed by atoms with E-state index < -0.39 is 28.9 Å². The van der Waals surface area contributed by atoms with E-state index in [9.17, 15) is 14.4 Å². The predicted molar refractivity (Wildman–Crippen MR) is 176 cm³/mol. The first-order valence-corrected chi connectivity index (χ1v) is 14.5. The molecule has 44 heavy (non-hydrogen) atoms. The molecule has 10 nitrogen and oxygen atoms in total. The summed E-state index contributed by atoms with van der Waals surface area (Å²) in [5, 5.41) is 5.66. The standard InChI is InChI=1S/C32H42N6O4.2ClH/c1-31(2,33)29(40)35-26(14-10-13-23-11-6-5-7-12-23)28(39)36-27-21-38(22-34-27)32(3,30(41)37-19-8-9-20-37)24-15-17-25(42-4)18-16-24;;/h5-7,11-12,15-18,21-22,26H,8-10,13-14,19-20,33H2,1-4H3,(H,35,40)(H,36,39);2*1H/t26-,32?;;/m1../s1. The molecule has 0 spiro atoms. The van der Waals surface area contributed by atoms with Gasteiger partial charge < -0.3 is 30.6 Å². The third kappa shape index (κ3) is 8.74. The Morgan fingerprint density at radius 2 is 1.64 bits per heavy atom. The number of aromatic nitrogens is 2. The van der Waals surface area contributed by atoms with Gasteiger partial charge >= 0.3 is 0 Å². The molecular formula is C32H44Cl2N6O4. The normalized spacial score (nSPS) is 14.8. The summed E-state index contributed by atoms with van der Waals surface area (Å²) < 4.78 is 7.05. The number of nitrogens with zero attached hydrogens (tertiary/aromatic N) is 3. The van der Waals surface area contributed by atoms with Gasteiger partial charge in [0.1, 0.15) is 17.3 Å². The zero-order valence-electron chi connectivity index (χ0n) is 25.7. The van der Waals surface area contributed by atoms with Crippen molar-refractivity contribution in [3.63, 3.8) is 0 Å². The Hall–Kier alpha value is -3.60. The lowest BCUT2D eigenvalue weighted by Crippen LogP contribution is -2.54. The van der Waals surface area contributed by atoms with E-state index in [1.807, 2.05) is 66.4 Å². The number of hydrogen-bond donors (Lipinski definition) is 3. The molecule has 4 rings (SSSR count). The van der Waals surface area contributed by atoms with Crippen LogP contribution in [0.2, 0.25) is 0 Å². The first-order valence-electron chi connectivity index (χ1n) is 14.5. The van der Waals surface area contributed by atoms with Crippen molar-refractivity contribution in [2.24, 2.45) is 5.73 Å². The Bertz CT molecular complexity index is 1370. The molecule has 1 unspecified atom stereocenters. The maximum absolute atomic E-state index is 13.9. The minimum atomic E-state index is -1.14. The number of nitrogens with one attached hydrogen (secondary N) is 2. The third-order valence-corrected chi connectivity index (χ3v) is 7.82. The zero-order valence-corrected chi connectivity index (χ0v) is 27.4. The fourth-order valence-corrected chi connectivity index (χ4v) is 5.14. The van der Waals surface area contributed by atoms with Crippen LogP contribution in [0, 0.1) is 0 Å². The summed E-state index contributed by atoms with van der Waals surface area (Å²) >= 11 is 0. The van der Waals surface area contributed by atoms with Gasteiger partial charge in [0, 0.05) is 19.3 Å². The van der Waals surface area contributed by atoms with Crippen molar-refractivity contribution < 1.29 is 19.1 Å². The molecule has 4 N–H and O–H groups in total. The largest absolute Gasteiger partial charge is 0.497 e. The van der Waals surface area contributed by atoms with Gasteiger partial charge in [0.25, 0.3) is 5.91 Å². The maximum atomic E-state index is 13.9. The summed E-state index contributed by atoms with van der Waals surface area (Å²) in [5.74, 6) is 0.105. The molecule has 0 radical (unpaired) electrons. The molecule has 12 heteroatoms. The quantitative estimate of drug-likeness (QED) is 0.269. The summed E-state index contributed by atoms with van der Waals surface area (Å²) in [5.41, 5.74) is 5.68. The van der Waals surface area contributed by atoms with Crippen molar-refractivity contribution in [1.29, 1.82) is 0 Å². The highest BCUT2D eigenvalue weighted by Gasteiger charge is 2.41. The van der Waals surface area contributed by atoms with E-state index in [0.717, 1.165) is 30.4 Å². The number of anilines is 1. The lowest BCUT2D eigenvalue weighted by molar-refractivity contribution is -0.137. The second-order valence-electron chi connectivity index (χ2n) is 11.6. The number of hydrogen-bond acceptors (Lipinski definition) is 6. The van der Waals surface area contributed by atoms with E-state index in [4.69, 9.17) is 10.5 Å². The molecule has 2 heterocycles. The van der Waals surface area contributed by atoms with Crippen LogP contribution < -0.4 is 21.1 Å². The van der Waals surface area contributed by atoms with E-state index in [0.29, 0.717) is 31.7 Å². The Labute approximate surface area is 271 Å². The predicted octanol–water partition coefficient (Wildman–Crippen LogP) is 4.30. The Balaban J connectivity index is 0.00000337. The van der Waals surface area contributed by atoms with Crippen molar-refractivity contribution in [3.05, 3.63) is 78.2 Å². The minimum Gasteiger partial charge on any atom is -0.497 e. The molecule has 240 valence electrons. The molecule has 1 aliphatic heterocycles. The van der Waals surface area contributed by atoms with E-state index in [1.54, 1.807) is 38.0 Å². The molecule has 1 aromatic heterocycles. The molecule has 1 fully saturated rings.